The van der Waals surface area contributed by atoms with Crippen molar-refractivity contribution in [1.29, 1.82) is 0 Å². The molecule has 7 rings (SSSR count). The summed E-state index contributed by atoms with van der Waals surface area (Å²) in [6, 6.07) is 0.121. The maximum atomic E-state index is 5.50. The van der Waals surface area contributed by atoms with Gasteiger partial charge in [-0.2, -0.15) is 0 Å². The maximum absolute atomic E-state index is 5.50. The van der Waals surface area contributed by atoms with Crippen LogP contribution in [0.3, 0.4) is 0 Å². The molecule has 0 aliphatic carbocycles. The quantitative estimate of drug-likeness (QED) is 0.201. The first kappa shape index (κ1) is 37.7. The maximum Gasteiger partial charge on any atom is 0.0774 e. The van der Waals surface area contributed by atoms with Crippen molar-refractivity contribution in [3.63, 3.8) is 0 Å². The van der Waals surface area contributed by atoms with Crippen LogP contribution >= 0.6 is 0 Å². The van der Waals surface area contributed by atoms with Gasteiger partial charge in [0.05, 0.1) is 33.9 Å². The number of fused-ring (bicyclic) bond motifs is 12. The van der Waals surface area contributed by atoms with E-state index in [1.54, 1.807) is 0 Å². The molecule has 2 atom stereocenters. The average molecular weight is 723 g/mol. The highest BCUT2D eigenvalue weighted by molar-refractivity contribution is 6.23. The van der Waals surface area contributed by atoms with Gasteiger partial charge in [0.25, 0.3) is 0 Å². The number of rotatable bonds is 6. The molecule has 3 aromatic rings. The Hall–Kier alpha value is -4.58. The normalized spacial score (nSPS) is 23.0. The van der Waals surface area contributed by atoms with Crippen molar-refractivity contribution < 1.29 is 0 Å². The van der Waals surface area contributed by atoms with Crippen molar-refractivity contribution in [2.45, 2.75) is 140 Å². The number of hydrogen-bond donors (Lipinski definition) is 4. The zero-order valence-electron chi connectivity index (χ0n) is 35.0. The van der Waals surface area contributed by atoms with Crippen LogP contribution in [-0.2, 0) is 19.3 Å². The van der Waals surface area contributed by atoms with Gasteiger partial charge in [0.1, 0.15) is 0 Å². The van der Waals surface area contributed by atoms with E-state index in [1.165, 1.54) is 100.0 Å². The lowest BCUT2D eigenvalue weighted by Gasteiger charge is -2.19. The first-order valence-corrected chi connectivity index (χ1v) is 20.7. The van der Waals surface area contributed by atoms with Crippen molar-refractivity contribution in [3.8, 4) is 0 Å². The smallest absolute Gasteiger partial charge is 0.0774 e. The van der Waals surface area contributed by atoms with E-state index in [4.69, 9.17) is 9.98 Å². The third kappa shape index (κ3) is 6.20. The van der Waals surface area contributed by atoms with Crippen molar-refractivity contribution in [2.75, 3.05) is 6.54 Å². The highest BCUT2D eigenvalue weighted by Gasteiger charge is 2.28. The number of aromatic nitrogens is 3. The molecule has 12 bridgehead atoms. The van der Waals surface area contributed by atoms with Gasteiger partial charge in [-0.15, -0.1) is 0 Å². The SMILES string of the molecule is CCC1=C2CC3N=C(/C=c4\[nH]/c(c(C)c4CC)=c4\[nH]/c(c(CC)c4C)=C\C4=NC(=C\c5[nH]c(c(C)c5CC)C(C=C1C)CN2)/C(C)=C4CC)C(CC)=C3C. The minimum absolute atomic E-state index is 0.121. The fraction of sp³-hybridized carbons (Fsp3) is 0.458. The molecule has 4 aliphatic heterocycles. The Bertz CT molecular complexity index is 2490. The molecule has 0 amide bonds. The van der Waals surface area contributed by atoms with Gasteiger partial charge in [-0.1, -0.05) is 47.6 Å². The fourth-order valence-corrected chi connectivity index (χ4v) is 9.98. The number of hydrogen-bond acceptors (Lipinski definition) is 3. The van der Waals surface area contributed by atoms with Gasteiger partial charge >= 0.3 is 0 Å². The molecule has 284 valence electrons. The lowest BCUT2D eigenvalue weighted by Crippen LogP contribution is -2.23. The second-order valence-corrected chi connectivity index (χ2v) is 15.8. The summed E-state index contributed by atoms with van der Waals surface area (Å²) in [5.74, 6) is 0.233. The molecule has 0 fully saturated rings. The summed E-state index contributed by atoms with van der Waals surface area (Å²) >= 11 is 0. The summed E-state index contributed by atoms with van der Waals surface area (Å²) in [6.07, 6.45) is 16.1. The summed E-state index contributed by atoms with van der Waals surface area (Å²) in [5, 5.41) is 8.68. The summed E-state index contributed by atoms with van der Waals surface area (Å²) in [4.78, 5) is 22.7. The van der Waals surface area contributed by atoms with Gasteiger partial charge < -0.3 is 20.3 Å². The van der Waals surface area contributed by atoms with E-state index < -0.39 is 0 Å². The third-order valence-corrected chi connectivity index (χ3v) is 13.1. The van der Waals surface area contributed by atoms with E-state index in [2.05, 4.69) is 128 Å². The Morgan fingerprint density at radius 2 is 1.22 bits per heavy atom. The molecular formula is C48H62N6. The average Bonchev–Trinajstić information content (AvgIpc) is 3.88. The predicted molar refractivity (Wildman–Crippen MR) is 230 cm³/mol. The highest BCUT2D eigenvalue weighted by Crippen LogP contribution is 2.37. The monoisotopic (exact) mass is 723 g/mol. The second-order valence-electron chi connectivity index (χ2n) is 15.8. The highest BCUT2D eigenvalue weighted by atomic mass is 14.9. The molecule has 0 saturated carbocycles. The van der Waals surface area contributed by atoms with Crippen LogP contribution in [-0.4, -0.2) is 39.0 Å². The fourth-order valence-electron chi connectivity index (χ4n) is 9.98. The molecule has 6 heteroatoms. The molecule has 4 N–H and O–H groups in total. The number of H-pyrrole nitrogens is 3. The van der Waals surface area contributed by atoms with Gasteiger partial charge in [0.15, 0.2) is 0 Å². The largest absolute Gasteiger partial charge is 0.387 e. The summed E-state index contributed by atoms with van der Waals surface area (Å²) in [7, 11) is 0. The van der Waals surface area contributed by atoms with E-state index in [0.717, 1.165) is 74.0 Å². The van der Waals surface area contributed by atoms with Gasteiger partial charge in [0, 0.05) is 46.7 Å². The zero-order chi connectivity index (χ0) is 38.6. The molecule has 0 saturated heterocycles. The van der Waals surface area contributed by atoms with Gasteiger partial charge in [-0.3, -0.25) is 4.99 Å². The van der Waals surface area contributed by atoms with E-state index in [1.807, 2.05) is 0 Å². The second kappa shape index (κ2) is 14.9. The summed E-state index contributed by atoms with van der Waals surface area (Å²) < 4.78 is 0. The van der Waals surface area contributed by atoms with Crippen LogP contribution in [0.2, 0.25) is 0 Å². The van der Waals surface area contributed by atoms with E-state index in [9.17, 15) is 0 Å². The van der Waals surface area contributed by atoms with Crippen LogP contribution in [0, 0.1) is 31.5 Å². The number of allylic oxidation sites excluding steroid dienone is 5. The Balaban J connectivity index is 1.54. The molecule has 0 radical (unpaired) electrons. The van der Waals surface area contributed by atoms with Crippen LogP contribution in [0.5, 0.6) is 0 Å². The first-order chi connectivity index (χ1) is 26.0. The molecule has 0 aromatic carbocycles. The first-order valence-electron chi connectivity index (χ1n) is 20.7. The zero-order valence-corrected chi connectivity index (χ0v) is 35.0. The van der Waals surface area contributed by atoms with Crippen LogP contribution in [0.4, 0.5) is 0 Å². The van der Waals surface area contributed by atoms with Gasteiger partial charge in [-0.05, 0) is 165 Å². The Labute approximate surface area is 322 Å². The van der Waals surface area contributed by atoms with Crippen LogP contribution < -0.4 is 16.0 Å². The number of nitrogens with one attached hydrogen (secondary N) is 4. The van der Waals surface area contributed by atoms with Crippen molar-refractivity contribution in [3.05, 3.63) is 117 Å². The van der Waals surface area contributed by atoms with E-state index in [-0.39, 0.29) is 12.0 Å². The van der Waals surface area contributed by atoms with Gasteiger partial charge in [-0.25, -0.2) is 4.99 Å². The topological polar surface area (TPSA) is 84.1 Å². The number of aliphatic imine (C=N–C) groups is 2. The molecule has 4 aliphatic rings. The molecule has 7 heterocycles. The van der Waals surface area contributed by atoms with Crippen molar-refractivity contribution in [1.82, 2.24) is 20.3 Å². The summed E-state index contributed by atoms with van der Waals surface area (Å²) in [5.41, 5.74) is 23.3. The van der Waals surface area contributed by atoms with E-state index >= 15 is 0 Å². The van der Waals surface area contributed by atoms with Crippen molar-refractivity contribution in [2.24, 2.45) is 9.98 Å². The number of aromatic amines is 3. The lowest BCUT2D eigenvalue weighted by atomic mass is 9.93. The Morgan fingerprint density at radius 3 is 1.80 bits per heavy atom. The van der Waals surface area contributed by atoms with Crippen LogP contribution in [0.25, 0.3) is 18.2 Å². The minimum atomic E-state index is 0.121. The molecule has 54 heavy (non-hydrogen) atoms. The molecule has 0 spiro atoms. The lowest BCUT2D eigenvalue weighted by molar-refractivity contribution is 0.652. The molecular weight excluding hydrogens is 661 g/mol. The number of nitrogens with zero attached hydrogens (tertiary/aromatic N) is 2. The summed E-state index contributed by atoms with van der Waals surface area (Å²) in [6.45, 7) is 28.2. The third-order valence-electron chi connectivity index (χ3n) is 13.1. The van der Waals surface area contributed by atoms with Crippen molar-refractivity contribution >= 4 is 29.7 Å². The molecule has 2 unspecified atom stereocenters. The predicted octanol–water partition coefficient (Wildman–Crippen LogP) is 9.60. The van der Waals surface area contributed by atoms with Crippen LogP contribution in [0.1, 0.15) is 139 Å². The molecule has 3 aromatic heterocycles. The standard InChI is InChI=1S/C48H62N6/c1-13-32-25(7)19-31-24-49-40(32)20-38-26(8)33(14-2)41(50-38)22-44-36(17-5)29(11)47(53-44)48-30(12)37(18-6)45(54-48)23-42-34(15-3)27(9)39(51-42)21-43-35(16-4)28(10)46(31)52-43/h19,21-23,31,38,49,52-54H,13-18,20,24H2,1-12H3/b39-21-,44-22-,45-23-,48-47-. The van der Waals surface area contributed by atoms with E-state index in [0.29, 0.717) is 0 Å². The minimum Gasteiger partial charge on any atom is -0.387 e. The van der Waals surface area contributed by atoms with Gasteiger partial charge in [0.2, 0.25) is 0 Å². The Morgan fingerprint density at radius 1 is 0.630 bits per heavy atom. The Kier molecular flexibility index (Phi) is 10.4. The molecule has 6 nitrogen and oxygen atoms in total. The van der Waals surface area contributed by atoms with Crippen LogP contribution in [0.15, 0.2) is 60.9 Å².